The molecule has 1 saturated heterocycles. The van der Waals surface area contributed by atoms with Gasteiger partial charge in [0.1, 0.15) is 0 Å². The molecule has 0 spiro atoms. The minimum absolute atomic E-state index is 0.00347. The first-order chi connectivity index (χ1) is 6.14. The second kappa shape index (κ2) is 4.90. The lowest BCUT2D eigenvalue weighted by Gasteiger charge is -2.26. The highest BCUT2D eigenvalue weighted by Crippen LogP contribution is 2.06. The molecule has 1 aliphatic heterocycles. The van der Waals surface area contributed by atoms with Crippen LogP contribution in [0.2, 0.25) is 0 Å². The molecule has 0 aromatic carbocycles. The quantitative estimate of drug-likeness (QED) is 0.637. The average Bonchev–Trinajstić information content (AvgIpc) is 2.04. The predicted octanol–water partition coefficient (Wildman–Crippen LogP) is -0.735. The number of piperidine rings is 1. The van der Waals surface area contributed by atoms with Gasteiger partial charge in [-0.2, -0.15) is 0 Å². The number of sulfonamides is 1. The lowest BCUT2D eigenvalue weighted by Crippen LogP contribution is -2.46. The van der Waals surface area contributed by atoms with Crippen LogP contribution >= 0.6 is 0 Å². The van der Waals surface area contributed by atoms with Gasteiger partial charge in [-0.15, -0.1) is 4.83 Å². The van der Waals surface area contributed by atoms with Crippen molar-refractivity contribution in [1.29, 1.82) is 0 Å². The standard InChI is InChI=1S/C7H17N3O2S/c8-4-7-13(11,12)9-10-5-2-1-3-6-10/h9H,1-8H2. The Morgan fingerprint density at radius 1 is 1.23 bits per heavy atom. The molecule has 0 radical (unpaired) electrons. The van der Waals surface area contributed by atoms with Crippen molar-refractivity contribution in [2.24, 2.45) is 5.73 Å². The minimum Gasteiger partial charge on any atom is -0.329 e. The highest BCUT2D eigenvalue weighted by atomic mass is 32.2. The predicted molar refractivity (Wildman–Crippen MR) is 51.4 cm³/mol. The van der Waals surface area contributed by atoms with Crippen LogP contribution in [0, 0.1) is 0 Å². The third kappa shape index (κ3) is 4.04. The summed E-state index contributed by atoms with van der Waals surface area (Å²) in [5.74, 6) is 0.00347. The molecular weight excluding hydrogens is 190 g/mol. The number of nitrogens with one attached hydrogen (secondary N) is 1. The summed E-state index contributed by atoms with van der Waals surface area (Å²) in [6, 6.07) is 0. The van der Waals surface area contributed by atoms with E-state index in [1.54, 1.807) is 5.01 Å². The molecule has 1 aliphatic rings. The molecule has 1 fully saturated rings. The summed E-state index contributed by atoms with van der Waals surface area (Å²) < 4.78 is 22.5. The highest BCUT2D eigenvalue weighted by Gasteiger charge is 2.16. The van der Waals surface area contributed by atoms with E-state index in [0.717, 1.165) is 25.9 Å². The SMILES string of the molecule is NCCS(=O)(=O)NN1CCCCC1. The molecule has 3 N–H and O–H groups in total. The fraction of sp³-hybridized carbons (Fsp3) is 1.00. The van der Waals surface area contributed by atoms with Crippen LogP contribution in [0.3, 0.4) is 0 Å². The minimum atomic E-state index is -3.18. The van der Waals surface area contributed by atoms with Crippen LogP contribution in [0.25, 0.3) is 0 Å². The van der Waals surface area contributed by atoms with Crippen molar-refractivity contribution in [1.82, 2.24) is 9.84 Å². The van der Waals surface area contributed by atoms with E-state index in [-0.39, 0.29) is 12.3 Å². The Labute approximate surface area is 79.3 Å². The van der Waals surface area contributed by atoms with Gasteiger partial charge in [0.25, 0.3) is 0 Å². The second-order valence-corrected chi connectivity index (χ2v) is 5.07. The number of rotatable bonds is 4. The largest absolute Gasteiger partial charge is 0.329 e. The van der Waals surface area contributed by atoms with Gasteiger partial charge in [0.05, 0.1) is 5.75 Å². The van der Waals surface area contributed by atoms with E-state index in [4.69, 9.17) is 5.73 Å². The van der Waals surface area contributed by atoms with E-state index in [9.17, 15) is 8.42 Å². The van der Waals surface area contributed by atoms with E-state index in [2.05, 4.69) is 4.83 Å². The first kappa shape index (κ1) is 10.9. The molecule has 0 saturated carbocycles. The smallest absolute Gasteiger partial charge is 0.225 e. The fourth-order valence-corrected chi connectivity index (χ4v) is 2.36. The van der Waals surface area contributed by atoms with Gasteiger partial charge in [-0.3, -0.25) is 0 Å². The molecule has 5 nitrogen and oxygen atoms in total. The third-order valence-electron chi connectivity index (χ3n) is 2.01. The molecule has 13 heavy (non-hydrogen) atoms. The van der Waals surface area contributed by atoms with Crippen molar-refractivity contribution >= 4 is 10.0 Å². The third-order valence-corrected chi connectivity index (χ3v) is 3.32. The molecule has 1 rings (SSSR count). The Hall–Kier alpha value is -0.170. The van der Waals surface area contributed by atoms with Crippen molar-refractivity contribution < 1.29 is 8.42 Å². The first-order valence-electron chi connectivity index (χ1n) is 4.59. The molecule has 78 valence electrons. The molecule has 0 atom stereocenters. The van der Waals surface area contributed by atoms with Crippen molar-refractivity contribution in [3.05, 3.63) is 0 Å². The summed E-state index contributed by atoms with van der Waals surface area (Å²) in [7, 11) is -3.18. The molecule has 0 amide bonds. The van der Waals surface area contributed by atoms with Crippen LogP contribution in [0.4, 0.5) is 0 Å². The summed E-state index contributed by atoms with van der Waals surface area (Å²) in [6.45, 7) is 1.79. The lowest BCUT2D eigenvalue weighted by molar-refractivity contribution is 0.200. The Kier molecular flexibility index (Phi) is 4.11. The molecule has 6 heteroatoms. The Morgan fingerprint density at radius 3 is 2.38 bits per heavy atom. The normalized spacial score (nSPS) is 20.4. The van der Waals surface area contributed by atoms with E-state index in [0.29, 0.717) is 0 Å². The maximum Gasteiger partial charge on any atom is 0.225 e. The van der Waals surface area contributed by atoms with E-state index in [1.807, 2.05) is 0 Å². The monoisotopic (exact) mass is 207 g/mol. The zero-order valence-corrected chi connectivity index (χ0v) is 8.52. The lowest BCUT2D eigenvalue weighted by atomic mass is 10.2. The Bertz CT molecular complexity index is 234. The summed E-state index contributed by atoms with van der Waals surface area (Å²) in [6.07, 6.45) is 3.31. The topological polar surface area (TPSA) is 75.4 Å². The fourth-order valence-electron chi connectivity index (χ4n) is 1.38. The van der Waals surface area contributed by atoms with Crippen LogP contribution in [0.1, 0.15) is 19.3 Å². The first-order valence-corrected chi connectivity index (χ1v) is 6.24. The maximum atomic E-state index is 11.3. The number of nitrogens with zero attached hydrogens (tertiary/aromatic N) is 1. The Balaban J connectivity index is 2.37. The zero-order chi connectivity index (χ0) is 9.73. The van der Waals surface area contributed by atoms with Crippen molar-refractivity contribution in [2.45, 2.75) is 19.3 Å². The summed E-state index contributed by atoms with van der Waals surface area (Å²) in [5.41, 5.74) is 5.18. The van der Waals surface area contributed by atoms with Crippen LogP contribution in [0.15, 0.2) is 0 Å². The van der Waals surface area contributed by atoms with Crippen molar-refractivity contribution in [2.75, 3.05) is 25.4 Å². The van der Waals surface area contributed by atoms with Crippen LogP contribution in [-0.2, 0) is 10.0 Å². The van der Waals surface area contributed by atoms with Gasteiger partial charge in [-0.1, -0.05) is 6.42 Å². The van der Waals surface area contributed by atoms with Gasteiger partial charge in [-0.25, -0.2) is 13.4 Å². The molecule has 0 bridgehead atoms. The molecular formula is C7H17N3O2S. The van der Waals surface area contributed by atoms with Gasteiger partial charge in [0.15, 0.2) is 0 Å². The second-order valence-electron chi connectivity index (χ2n) is 3.25. The number of hydrazine groups is 1. The number of hydrogen-bond donors (Lipinski definition) is 2. The van der Waals surface area contributed by atoms with Gasteiger partial charge >= 0.3 is 0 Å². The van der Waals surface area contributed by atoms with Crippen LogP contribution in [0.5, 0.6) is 0 Å². The molecule has 0 aromatic heterocycles. The number of hydrogen-bond acceptors (Lipinski definition) is 4. The van der Waals surface area contributed by atoms with Gasteiger partial charge in [0.2, 0.25) is 10.0 Å². The average molecular weight is 207 g/mol. The maximum absolute atomic E-state index is 11.3. The van der Waals surface area contributed by atoms with Gasteiger partial charge < -0.3 is 5.73 Å². The number of nitrogens with two attached hydrogens (primary N) is 1. The molecule has 0 unspecified atom stereocenters. The van der Waals surface area contributed by atoms with Crippen molar-refractivity contribution in [3.63, 3.8) is 0 Å². The zero-order valence-electron chi connectivity index (χ0n) is 7.70. The van der Waals surface area contributed by atoms with Crippen molar-refractivity contribution in [3.8, 4) is 0 Å². The highest BCUT2D eigenvalue weighted by molar-refractivity contribution is 7.89. The summed E-state index contributed by atoms with van der Waals surface area (Å²) >= 11 is 0. The van der Waals surface area contributed by atoms with Gasteiger partial charge in [-0.05, 0) is 12.8 Å². The van der Waals surface area contributed by atoms with Crippen LogP contribution in [-0.4, -0.2) is 38.8 Å². The van der Waals surface area contributed by atoms with E-state index >= 15 is 0 Å². The molecule has 0 aliphatic carbocycles. The van der Waals surface area contributed by atoms with E-state index in [1.165, 1.54) is 6.42 Å². The summed E-state index contributed by atoms with van der Waals surface area (Å²) in [4.78, 5) is 2.52. The van der Waals surface area contributed by atoms with Crippen LogP contribution < -0.4 is 10.6 Å². The molecule has 1 heterocycles. The van der Waals surface area contributed by atoms with Gasteiger partial charge in [0, 0.05) is 19.6 Å². The summed E-state index contributed by atoms with van der Waals surface area (Å²) in [5, 5.41) is 1.76. The van der Waals surface area contributed by atoms with E-state index < -0.39 is 10.0 Å². The molecule has 0 aromatic rings. The Morgan fingerprint density at radius 2 is 1.85 bits per heavy atom.